The SMILES string of the molecule is CCOC(=O)C(OC(=O)COC)C(=O)c1ccc(F)cc1. The predicted molar refractivity (Wildman–Crippen MR) is 69.1 cm³/mol. The Morgan fingerprint density at radius 2 is 1.81 bits per heavy atom. The van der Waals surface area contributed by atoms with Gasteiger partial charge in [-0.3, -0.25) is 4.79 Å². The van der Waals surface area contributed by atoms with Crippen molar-refractivity contribution in [2.75, 3.05) is 20.3 Å². The van der Waals surface area contributed by atoms with Gasteiger partial charge in [-0.1, -0.05) is 0 Å². The zero-order valence-corrected chi connectivity index (χ0v) is 11.6. The highest BCUT2D eigenvalue weighted by atomic mass is 19.1. The Morgan fingerprint density at radius 3 is 2.33 bits per heavy atom. The largest absolute Gasteiger partial charge is 0.463 e. The van der Waals surface area contributed by atoms with Crippen molar-refractivity contribution in [1.29, 1.82) is 0 Å². The van der Waals surface area contributed by atoms with E-state index in [9.17, 15) is 18.8 Å². The van der Waals surface area contributed by atoms with Gasteiger partial charge in [-0.25, -0.2) is 14.0 Å². The van der Waals surface area contributed by atoms with Crippen molar-refractivity contribution in [2.24, 2.45) is 0 Å². The summed E-state index contributed by atoms with van der Waals surface area (Å²) in [6.45, 7) is 1.16. The first-order valence-corrected chi connectivity index (χ1v) is 6.14. The second-order valence-corrected chi connectivity index (χ2v) is 3.93. The van der Waals surface area contributed by atoms with Crippen LogP contribution >= 0.6 is 0 Å². The number of benzene rings is 1. The minimum Gasteiger partial charge on any atom is -0.463 e. The summed E-state index contributed by atoms with van der Waals surface area (Å²) in [5, 5.41) is 0. The second kappa shape index (κ2) is 8.11. The van der Waals surface area contributed by atoms with Crippen LogP contribution in [0.3, 0.4) is 0 Å². The molecule has 1 unspecified atom stereocenters. The molecule has 0 aliphatic heterocycles. The van der Waals surface area contributed by atoms with Gasteiger partial charge in [-0.2, -0.15) is 0 Å². The maximum atomic E-state index is 12.8. The third kappa shape index (κ3) is 4.96. The van der Waals surface area contributed by atoms with Crippen molar-refractivity contribution in [3.05, 3.63) is 35.6 Å². The fourth-order valence-corrected chi connectivity index (χ4v) is 1.48. The van der Waals surface area contributed by atoms with Gasteiger partial charge in [0.25, 0.3) is 6.10 Å². The number of Topliss-reactive ketones (excluding diaryl/α,β-unsaturated/α-hetero) is 1. The van der Waals surface area contributed by atoms with Crippen LogP contribution in [0.2, 0.25) is 0 Å². The Bertz CT molecular complexity index is 511. The summed E-state index contributed by atoms with van der Waals surface area (Å²) in [5.41, 5.74) is 0.0275. The van der Waals surface area contributed by atoms with Crippen LogP contribution in [0, 0.1) is 5.82 Å². The van der Waals surface area contributed by atoms with Gasteiger partial charge < -0.3 is 14.2 Å². The Balaban J connectivity index is 2.93. The zero-order valence-electron chi connectivity index (χ0n) is 11.6. The molecule has 0 fully saturated rings. The summed E-state index contributed by atoms with van der Waals surface area (Å²) in [6, 6.07) is 4.50. The molecule has 1 aromatic rings. The first-order valence-electron chi connectivity index (χ1n) is 6.14. The molecule has 0 saturated heterocycles. The van der Waals surface area contributed by atoms with Gasteiger partial charge in [-0.05, 0) is 31.2 Å². The molecule has 0 aliphatic carbocycles. The molecular weight excluding hydrogens is 283 g/mol. The molecule has 0 heterocycles. The number of esters is 2. The van der Waals surface area contributed by atoms with E-state index < -0.39 is 36.2 Å². The fourth-order valence-electron chi connectivity index (χ4n) is 1.48. The van der Waals surface area contributed by atoms with Crippen LogP contribution in [0.4, 0.5) is 4.39 Å². The molecule has 0 saturated carbocycles. The minimum absolute atomic E-state index is 0.0217. The van der Waals surface area contributed by atoms with Gasteiger partial charge in [0.2, 0.25) is 5.78 Å². The Labute approximate surface area is 120 Å². The summed E-state index contributed by atoms with van der Waals surface area (Å²) < 4.78 is 26.9. The normalized spacial score (nSPS) is 11.6. The van der Waals surface area contributed by atoms with Crippen molar-refractivity contribution in [3.63, 3.8) is 0 Å². The van der Waals surface area contributed by atoms with Crippen molar-refractivity contribution in [3.8, 4) is 0 Å². The molecule has 7 heteroatoms. The van der Waals surface area contributed by atoms with Gasteiger partial charge in [0, 0.05) is 12.7 Å². The molecule has 0 amide bonds. The molecule has 0 aliphatic rings. The van der Waals surface area contributed by atoms with Crippen LogP contribution in [0.15, 0.2) is 24.3 Å². The molecule has 0 N–H and O–H groups in total. The molecule has 1 rings (SSSR count). The number of hydrogen-bond acceptors (Lipinski definition) is 6. The van der Waals surface area contributed by atoms with E-state index in [0.717, 1.165) is 12.1 Å². The van der Waals surface area contributed by atoms with E-state index in [4.69, 9.17) is 9.47 Å². The number of hydrogen-bond donors (Lipinski definition) is 0. The number of carbonyl (C=O) groups excluding carboxylic acids is 3. The fraction of sp³-hybridized carbons (Fsp3) is 0.357. The van der Waals surface area contributed by atoms with E-state index >= 15 is 0 Å². The van der Waals surface area contributed by atoms with Gasteiger partial charge in [0.05, 0.1) is 6.61 Å². The lowest BCUT2D eigenvalue weighted by molar-refractivity contribution is -0.166. The molecule has 0 spiro atoms. The number of ketones is 1. The average Bonchev–Trinajstić information content (AvgIpc) is 2.45. The van der Waals surface area contributed by atoms with E-state index in [1.807, 2.05) is 0 Å². The van der Waals surface area contributed by atoms with E-state index in [1.165, 1.54) is 19.2 Å². The maximum absolute atomic E-state index is 12.8. The number of rotatable bonds is 7. The topological polar surface area (TPSA) is 78.9 Å². The van der Waals surface area contributed by atoms with Gasteiger partial charge in [-0.15, -0.1) is 0 Å². The first-order chi connectivity index (χ1) is 9.99. The van der Waals surface area contributed by atoms with Crippen molar-refractivity contribution < 1.29 is 33.0 Å². The van der Waals surface area contributed by atoms with Gasteiger partial charge in [0.15, 0.2) is 0 Å². The lowest BCUT2D eigenvalue weighted by Gasteiger charge is -2.15. The smallest absolute Gasteiger partial charge is 0.355 e. The molecular formula is C14H15FO6. The first kappa shape index (κ1) is 16.8. The van der Waals surface area contributed by atoms with Gasteiger partial charge >= 0.3 is 11.9 Å². The van der Waals surface area contributed by atoms with Gasteiger partial charge in [0.1, 0.15) is 12.4 Å². The van der Waals surface area contributed by atoms with E-state index in [0.29, 0.717) is 0 Å². The van der Waals surface area contributed by atoms with Crippen molar-refractivity contribution >= 4 is 17.7 Å². The molecule has 1 atom stereocenters. The Hall–Kier alpha value is -2.28. The van der Waals surface area contributed by atoms with Crippen LogP contribution < -0.4 is 0 Å². The standard InChI is InChI=1S/C14H15FO6/c1-3-20-14(18)13(21-11(16)8-19-2)12(17)9-4-6-10(15)7-5-9/h4-7,13H,3,8H2,1-2H3. The summed E-state index contributed by atoms with van der Waals surface area (Å²) in [4.78, 5) is 35.3. The number of halogens is 1. The lowest BCUT2D eigenvalue weighted by atomic mass is 10.1. The second-order valence-electron chi connectivity index (χ2n) is 3.93. The number of ether oxygens (including phenoxy) is 3. The molecule has 6 nitrogen and oxygen atoms in total. The van der Waals surface area contributed by atoms with Crippen molar-refractivity contribution in [2.45, 2.75) is 13.0 Å². The minimum atomic E-state index is -1.74. The number of carbonyl (C=O) groups is 3. The average molecular weight is 298 g/mol. The predicted octanol–water partition coefficient (Wildman–Crippen LogP) is 1.13. The number of methoxy groups -OCH3 is 1. The monoisotopic (exact) mass is 298 g/mol. The highest BCUT2D eigenvalue weighted by Gasteiger charge is 2.32. The molecule has 21 heavy (non-hydrogen) atoms. The van der Waals surface area contributed by atoms with Crippen LogP contribution in [0.5, 0.6) is 0 Å². The molecule has 0 radical (unpaired) electrons. The third-order valence-corrected chi connectivity index (χ3v) is 2.38. The van der Waals surface area contributed by atoms with Crippen LogP contribution in [0.25, 0.3) is 0 Å². The molecule has 0 aromatic heterocycles. The maximum Gasteiger partial charge on any atom is 0.355 e. The molecule has 114 valence electrons. The Kier molecular flexibility index (Phi) is 6.48. The molecule has 0 bridgehead atoms. The molecule has 1 aromatic carbocycles. The van der Waals surface area contributed by atoms with E-state index in [2.05, 4.69) is 4.74 Å². The highest BCUT2D eigenvalue weighted by Crippen LogP contribution is 2.10. The lowest BCUT2D eigenvalue weighted by Crippen LogP contribution is -2.37. The summed E-state index contributed by atoms with van der Waals surface area (Å²) in [6.07, 6.45) is -1.74. The highest BCUT2D eigenvalue weighted by molar-refractivity contribution is 6.12. The van der Waals surface area contributed by atoms with Crippen LogP contribution in [-0.2, 0) is 23.8 Å². The van der Waals surface area contributed by atoms with Crippen molar-refractivity contribution in [1.82, 2.24) is 0 Å². The van der Waals surface area contributed by atoms with E-state index in [-0.39, 0.29) is 12.2 Å². The summed E-state index contributed by atoms with van der Waals surface area (Å²) in [7, 11) is 1.27. The summed E-state index contributed by atoms with van der Waals surface area (Å²) >= 11 is 0. The summed E-state index contributed by atoms with van der Waals surface area (Å²) in [5.74, 6) is -3.20. The van der Waals surface area contributed by atoms with Crippen LogP contribution in [0.1, 0.15) is 17.3 Å². The van der Waals surface area contributed by atoms with Crippen LogP contribution in [-0.4, -0.2) is 44.1 Å². The Morgan fingerprint density at radius 1 is 1.19 bits per heavy atom. The third-order valence-electron chi connectivity index (χ3n) is 2.38. The quantitative estimate of drug-likeness (QED) is 0.426. The zero-order chi connectivity index (χ0) is 15.8. The van der Waals surface area contributed by atoms with E-state index in [1.54, 1.807) is 6.92 Å².